The summed E-state index contributed by atoms with van der Waals surface area (Å²) in [7, 11) is 0. The van der Waals surface area contributed by atoms with Gasteiger partial charge in [-0.05, 0) is 31.9 Å². The van der Waals surface area contributed by atoms with Crippen molar-refractivity contribution in [1.82, 2.24) is 15.1 Å². The van der Waals surface area contributed by atoms with E-state index in [1.807, 2.05) is 6.92 Å². The molecule has 8 heteroatoms. The van der Waals surface area contributed by atoms with Crippen molar-refractivity contribution in [3.8, 4) is 5.69 Å². The van der Waals surface area contributed by atoms with Gasteiger partial charge < -0.3 is 10.1 Å². The van der Waals surface area contributed by atoms with E-state index in [-0.39, 0.29) is 18.3 Å². The molecule has 5 nitrogen and oxygen atoms in total. The molecule has 1 fully saturated rings. The molecule has 1 atom stereocenters. The van der Waals surface area contributed by atoms with E-state index in [2.05, 4.69) is 10.4 Å². The zero-order valence-electron chi connectivity index (χ0n) is 13.6. The average molecular weight is 353 g/mol. The van der Waals surface area contributed by atoms with Crippen LogP contribution in [0.25, 0.3) is 5.69 Å². The van der Waals surface area contributed by atoms with Crippen LogP contribution in [-0.4, -0.2) is 34.9 Å². The highest BCUT2D eigenvalue weighted by atomic mass is 19.4. The number of hydrogen-bond acceptors (Lipinski definition) is 3. The first kappa shape index (κ1) is 17.5. The summed E-state index contributed by atoms with van der Waals surface area (Å²) >= 11 is 0. The van der Waals surface area contributed by atoms with Crippen LogP contribution < -0.4 is 5.32 Å². The molecule has 0 aliphatic carbocycles. The van der Waals surface area contributed by atoms with Crippen LogP contribution in [0.1, 0.15) is 34.5 Å². The number of amides is 1. The number of hydrogen-bond donors (Lipinski definition) is 1. The van der Waals surface area contributed by atoms with Crippen LogP contribution in [0.15, 0.2) is 30.5 Å². The molecule has 1 N–H and O–H groups in total. The molecule has 0 bridgehead atoms. The van der Waals surface area contributed by atoms with Gasteiger partial charge in [-0.2, -0.15) is 18.3 Å². The van der Waals surface area contributed by atoms with Crippen LogP contribution >= 0.6 is 0 Å². The summed E-state index contributed by atoms with van der Waals surface area (Å²) in [6.07, 6.45) is -2.23. The van der Waals surface area contributed by atoms with E-state index in [1.165, 1.54) is 12.1 Å². The first-order valence-electron chi connectivity index (χ1n) is 7.98. The van der Waals surface area contributed by atoms with Crippen molar-refractivity contribution in [3.63, 3.8) is 0 Å². The van der Waals surface area contributed by atoms with Gasteiger partial charge in [0.25, 0.3) is 5.91 Å². The molecular formula is C17H18F3N3O2. The molecule has 134 valence electrons. The summed E-state index contributed by atoms with van der Waals surface area (Å²) in [5.41, 5.74) is -0.414. The van der Waals surface area contributed by atoms with Gasteiger partial charge in [0.05, 0.1) is 23.6 Å². The summed E-state index contributed by atoms with van der Waals surface area (Å²) in [4.78, 5) is 12.2. The van der Waals surface area contributed by atoms with E-state index in [0.29, 0.717) is 6.61 Å². The van der Waals surface area contributed by atoms with Gasteiger partial charge in [0, 0.05) is 13.2 Å². The molecule has 0 unspecified atom stereocenters. The lowest BCUT2D eigenvalue weighted by Gasteiger charge is -2.14. The molecule has 3 rings (SSSR count). The lowest BCUT2D eigenvalue weighted by atomic mass is 10.2. The maximum absolute atomic E-state index is 13.5. The number of carbonyl (C=O) groups is 1. The van der Waals surface area contributed by atoms with E-state index in [0.717, 1.165) is 29.3 Å². The normalized spacial score (nSPS) is 17.7. The predicted molar refractivity (Wildman–Crippen MR) is 84.6 cm³/mol. The number of nitrogens with zero attached hydrogens (tertiary/aromatic N) is 2. The Morgan fingerprint density at radius 1 is 1.36 bits per heavy atom. The molecule has 25 heavy (non-hydrogen) atoms. The highest BCUT2D eigenvalue weighted by Crippen LogP contribution is 2.33. The largest absolute Gasteiger partial charge is 0.434 e. The number of halogens is 3. The Bertz CT molecular complexity index is 747. The Kier molecular flexibility index (Phi) is 4.80. The zero-order chi connectivity index (χ0) is 18.0. The Labute approximate surface area is 142 Å². The van der Waals surface area contributed by atoms with E-state index in [4.69, 9.17) is 4.74 Å². The van der Waals surface area contributed by atoms with Crippen LogP contribution in [0.5, 0.6) is 0 Å². The average Bonchev–Trinajstić information content (AvgIpc) is 3.22. The van der Waals surface area contributed by atoms with Gasteiger partial charge in [0.1, 0.15) is 0 Å². The van der Waals surface area contributed by atoms with Gasteiger partial charge in [-0.1, -0.05) is 17.7 Å². The summed E-state index contributed by atoms with van der Waals surface area (Å²) in [5.74, 6) is -0.804. The van der Waals surface area contributed by atoms with Crippen molar-refractivity contribution in [2.75, 3.05) is 13.2 Å². The standard InChI is InChI=1S/C17H18F3N3O2/c1-11-4-6-12(7-5-11)23-15(17(18,19)20)14(10-22-23)16(24)21-9-13-3-2-8-25-13/h4-7,10,13H,2-3,8-9H2,1H3,(H,21,24)/t13-/m0/s1. The Hall–Kier alpha value is -2.35. The lowest BCUT2D eigenvalue weighted by Crippen LogP contribution is -2.33. The monoisotopic (exact) mass is 353 g/mol. The minimum Gasteiger partial charge on any atom is -0.376 e. The van der Waals surface area contributed by atoms with Crippen molar-refractivity contribution < 1.29 is 22.7 Å². The Balaban J connectivity index is 1.88. The van der Waals surface area contributed by atoms with Crippen molar-refractivity contribution in [2.24, 2.45) is 0 Å². The summed E-state index contributed by atoms with van der Waals surface area (Å²) < 4.78 is 46.7. The van der Waals surface area contributed by atoms with Crippen LogP contribution in [0.3, 0.4) is 0 Å². The smallest absolute Gasteiger partial charge is 0.376 e. The molecule has 0 radical (unpaired) electrons. The third kappa shape index (κ3) is 3.84. The van der Waals surface area contributed by atoms with E-state index < -0.39 is 23.3 Å². The fourth-order valence-electron chi connectivity index (χ4n) is 2.78. The summed E-state index contributed by atoms with van der Waals surface area (Å²) in [6, 6.07) is 6.44. The minimum atomic E-state index is -4.71. The zero-order valence-corrected chi connectivity index (χ0v) is 13.6. The van der Waals surface area contributed by atoms with Crippen molar-refractivity contribution in [2.45, 2.75) is 32.0 Å². The van der Waals surface area contributed by atoms with Gasteiger partial charge in [-0.25, -0.2) is 4.68 Å². The number of alkyl halides is 3. The lowest BCUT2D eigenvalue weighted by molar-refractivity contribution is -0.143. The Morgan fingerprint density at radius 3 is 2.68 bits per heavy atom. The first-order chi connectivity index (χ1) is 11.9. The number of nitrogens with one attached hydrogen (secondary N) is 1. The molecule has 1 amide bonds. The highest BCUT2D eigenvalue weighted by molar-refractivity contribution is 5.95. The number of rotatable bonds is 4. The highest BCUT2D eigenvalue weighted by Gasteiger charge is 2.40. The van der Waals surface area contributed by atoms with Gasteiger partial charge >= 0.3 is 6.18 Å². The molecule has 1 aliphatic heterocycles. The van der Waals surface area contributed by atoms with Gasteiger partial charge in [0.2, 0.25) is 0 Å². The molecule has 2 heterocycles. The molecule has 1 aliphatic rings. The van der Waals surface area contributed by atoms with Crippen molar-refractivity contribution in [3.05, 3.63) is 47.3 Å². The maximum atomic E-state index is 13.5. The number of aromatic nitrogens is 2. The molecule has 1 aromatic carbocycles. The molecule has 1 saturated heterocycles. The Morgan fingerprint density at radius 2 is 2.08 bits per heavy atom. The minimum absolute atomic E-state index is 0.148. The number of carbonyl (C=O) groups excluding carboxylic acids is 1. The van der Waals surface area contributed by atoms with Crippen molar-refractivity contribution >= 4 is 5.91 Å². The second-order valence-electron chi connectivity index (χ2n) is 6.00. The molecule has 2 aromatic rings. The third-order valence-electron chi connectivity index (χ3n) is 4.08. The maximum Gasteiger partial charge on any atom is 0.434 e. The van der Waals surface area contributed by atoms with Gasteiger partial charge in [0.15, 0.2) is 5.69 Å². The molecule has 1 aromatic heterocycles. The second kappa shape index (κ2) is 6.87. The van der Waals surface area contributed by atoms with E-state index >= 15 is 0 Å². The quantitative estimate of drug-likeness (QED) is 0.919. The van der Waals surface area contributed by atoms with Crippen LogP contribution in [0.4, 0.5) is 13.2 Å². The van der Waals surface area contributed by atoms with Gasteiger partial charge in [-0.15, -0.1) is 0 Å². The SMILES string of the molecule is Cc1ccc(-n2ncc(C(=O)NC[C@@H]3CCCO3)c2C(F)(F)F)cc1. The third-order valence-corrected chi connectivity index (χ3v) is 4.08. The van der Waals surface area contributed by atoms with E-state index in [9.17, 15) is 18.0 Å². The number of aryl methyl sites for hydroxylation is 1. The predicted octanol–water partition coefficient (Wildman–Crippen LogP) is 3.11. The fourth-order valence-corrected chi connectivity index (χ4v) is 2.78. The number of benzene rings is 1. The van der Waals surface area contributed by atoms with Crippen molar-refractivity contribution in [1.29, 1.82) is 0 Å². The van der Waals surface area contributed by atoms with Crippen LogP contribution in [0, 0.1) is 6.92 Å². The van der Waals surface area contributed by atoms with Gasteiger partial charge in [-0.3, -0.25) is 4.79 Å². The second-order valence-corrected chi connectivity index (χ2v) is 6.00. The van der Waals surface area contributed by atoms with Crippen LogP contribution in [-0.2, 0) is 10.9 Å². The fraction of sp³-hybridized carbons (Fsp3) is 0.412. The van der Waals surface area contributed by atoms with Crippen LogP contribution in [0.2, 0.25) is 0 Å². The molecular weight excluding hydrogens is 335 g/mol. The summed E-state index contributed by atoms with van der Waals surface area (Å²) in [6.45, 7) is 2.63. The molecule has 0 spiro atoms. The topological polar surface area (TPSA) is 56.2 Å². The molecule has 0 saturated carbocycles. The first-order valence-corrected chi connectivity index (χ1v) is 7.98. The van der Waals surface area contributed by atoms with E-state index in [1.54, 1.807) is 12.1 Å². The summed E-state index contributed by atoms with van der Waals surface area (Å²) in [5, 5.41) is 6.30. The number of ether oxygens (including phenoxy) is 1.